The van der Waals surface area contributed by atoms with E-state index in [1.54, 1.807) is 26.0 Å². The summed E-state index contributed by atoms with van der Waals surface area (Å²) in [5, 5.41) is 2.85. The summed E-state index contributed by atoms with van der Waals surface area (Å²) in [5.74, 6) is 0.255. The Hall–Kier alpha value is -3.09. The fourth-order valence-corrected chi connectivity index (χ4v) is 2.90. The molecule has 2 heterocycles. The Morgan fingerprint density at radius 3 is 2.69 bits per heavy atom. The maximum atomic E-state index is 12.8. The number of fused-ring (bicyclic) bond motifs is 1. The van der Waals surface area contributed by atoms with E-state index in [0.29, 0.717) is 11.4 Å². The molecule has 0 atom stereocenters. The number of aryl methyl sites for hydroxylation is 2. The van der Waals surface area contributed by atoms with E-state index in [4.69, 9.17) is 10.5 Å². The van der Waals surface area contributed by atoms with E-state index in [9.17, 15) is 9.59 Å². The van der Waals surface area contributed by atoms with Gasteiger partial charge < -0.3 is 15.8 Å². The number of nitrogens with one attached hydrogen (secondary N) is 1. The van der Waals surface area contributed by atoms with Crippen LogP contribution in [0.3, 0.4) is 0 Å². The highest BCUT2D eigenvalue weighted by Crippen LogP contribution is 2.36. The van der Waals surface area contributed by atoms with Crippen molar-refractivity contribution in [2.45, 2.75) is 33.3 Å². The fraction of sp³-hybridized carbons (Fsp3) is 0.316. The zero-order valence-electron chi connectivity index (χ0n) is 15.3. The van der Waals surface area contributed by atoms with E-state index in [1.165, 1.54) is 4.90 Å². The zero-order chi connectivity index (χ0) is 19.1. The fourth-order valence-electron chi connectivity index (χ4n) is 2.90. The Bertz CT molecular complexity index is 892. The van der Waals surface area contributed by atoms with E-state index in [-0.39, 0.29) is 30.0 Å². The van der Waals surface area contributed by atoms with E-state index >= 15 is 0 Å². The lowest BCUT2D eigenvalue weighted by atomic mass is 10.1. The molecule has 0 unspecified atom stereocenters. The lowest BCUT2D eigenvalue weighted by molar-refractivity contribution is -0.133. The van der Waals surface area contributed by atoms with Gasteiger partial charge in [0, 0.05) is 5.69 Å². The molecule has 3 rings (SSSR count). The van der Waals surface area contributed by atoms with Gasteiger partial charge in [-0.15, -0.1) is 0 Å². The van der Waals surface area contributed by atoms with Crippen LogP contribution in [-0.2, 0) is 9.59 Å². The number of anilines is 3. The molecule has 0 radical (unpaired) electrons. The van der Waals surface area contributed by atoms with Crippen LogP contribution in [0, 0.1) is 13.8 Å². The number of nitrogen functional groups attached to an aromatic ring is 1. The van der Waals surface area contributed by atoms with Crippen LogP contribution < -0.4 is 20.7 Å². The lowest BCUT2D eigenvalue weighted by Crippen LogP contribution is -2.54. The van der Waals surface area contributed by atoms with Crippen LogP contribution in [0.1, 0.15) is 25.0 Å². The van der Waals surface area contributed by atoms with Gasteiger partial charge in [-0.3, -0.25) is 14.5 Å². The molecule has 26 heavy (non-hydrogen) atoms. The first-order chi connectivity index (χ1) is 12.2. The summed E-state index contributed by atoms with van der Waals surface area (Å²) >= 11 is 0. The molecule has 0 bridgehead atoms. The van der Waals surface area contributed by atoms with Crippen molar-refractivity contribution in [2.75, 3.05) is 22.5 Å². The second kappa shape index (κ2) is 6.33. The zero-order valence-corrected chi connectivity index (χ0v) is 15.3. The number of hydrogen-bond acceptors (Lipinski definition) is 5. The molecule has 136 valence electrons. The molecule has 7 nitrogen and oxygen atoms in total. The van der Waals surface area contributed by atoms with Gasteiger partial charge in [0.2, 0.25) is 5.91 Å². The SMILES string of the molecule is Cc1ccc(NC(=O)CN2C(=O)C(C)(C)Oc3ccc(N)nc32)c(C)c1. The highest BCUT2D eigenvalue weighted by Gasteiger charge is 2.42. The van der Waals surface area contributed by atoms with Gasteiger partial charge in [-0.2, -0.15) is 0 Å². The summed E-state index contributed by atoms with van der Waals surface area (Å²) in [4.78, 5) is 30.8. The van der Waals surface area contributed by atoms with Gasteiger partial charge >= 0.3 is 0 Å². The van der Waals surface area contributed by atoms with Crippen molar-refractivity contribution < 1.29 is 14.3 Å². The minimum atomic E-state index is -1.09. The molecular weight excluding hydrogens is 332 g/mol. The molecule has 0 saturated heterocycles. The Labute approximate surface area is 152 Å². The predicted octanol–water partition coefficient (Wildman–Crippen LogP) is 2.42. The molecular formula is C19H22N4O3. The standard InChI is InChI=1S/C19H22N4O3/c1-11-5-6-13(12(2)9-11)21-16(24)10-23-17-14(7-8-15(20)22-17)26-19(3,4)18(23)25/h5-9H,10H2,1-4H3,(H2,20,22)(H,21,24). The minimum absolute atomic E-state index is 0.178. The molecule has 1 aromatic heterocycles. The highest BCUT2D eigenvalue weighted by atomic mass is 16.5. The molecule has 7 heteroatoms. The number of nitrogens with two attached hydrogens (primary N) is 1. The van der Waals surface area contributed by atoms with Gasteiger partial charge in [0.1, 0.15) is 12.4 Å². The average Bonchev–Trinajstić information content (AvgIpc) is 2.55. The molecule has 2 aromatic rings. The van der Waals surface area contributed by atoms with E-state index in [0.717, 1.165) is 11.1 Å². The van der Waals surface area contributed by atoms with Crippen molar-refractivity contribution in [3.8, 4) is 5.75 Å². The molecule has 0 saturated carbocycles. The Balaban J connectivity index is 1.87. The van der Waals surface area contributed by atoms with Crippen LogP contribution in [-0.4, -0.2) is 28.9 Å². The van der Waals surface area contributed by atoms with Gasteiger partial charge in [0.15, 0.2) is 17.2 Å². The van der Waals surface area contributed by atoms with Crippen molar-refractivity contribution >= 4 is 29.1 Å². The number of carbonyl (C=O) groups excluding carboxylic acids is 2. The molecule has 1 aliphatic rings. The van der Waals surface area contributed by atoms with E-state index in [1.807, 2.05) is 32.0 Å². The molecule has 3 N–H and O–H groups in total. The first-order valence-electron chi connectivity index (χ1n) is 8.32. The van der Waals surface area contributed by atoms with Gasteiger partial charge in [0.25, 0.3) is 5.91 Å². The van der Waals surface area contributed by atoms with Gasteiger partial charge in [-0.1, -0.05) is 17.7 Å². The second-order valence-corrected chi connectivity index (χ2v) is 6.93. The summed E-state index contributed by atoms with van der Waals surface area (Å²) in [7, 11) is 0. The maximum absolute atomic E-state index is 12.8. The largest absolute Gasteiger partial charge is 0.474 e. The van der Waals surface area contributed by atoms with E-state index in [2.05, 4.69) is 10.3 Å². The molecule has 1 aliphatic heterocycles. The third kappa shape index (κ3) is 3.33. The number of pyridine rings is 1. The average molecular weight is 354 g/mol. The predicted molar refractivity (Wildman–Crippen MR) is 100 cm³/mol. The summed E-state index contributed by atoms with van der Waals surface area (Å²) in [6, 6.07) is 9.00. The normalized spacial score (nSPS) is 15.2. The monoisotopic (exact) mass is 354 g/mol. The number of nitrogens with zero attached hydrogens (tertiary/aromatic N) is 2. The molecule has 0 spiro atoms. The van der Waals surface area contributed by atoms with Crippen LogP contribution in [0.25, 0.3) is 0 Å². The molecule has 1 aromatic carbocycles. The number of hydrogen-bond donors (Lipinski definition) is 2. The number of carbonyl (C=O) groups is 2. The molecule has 0 aliphatic carbocycles. The Morgan fingerprint density at radius 2 is 2.00 bits per heavy atom. The Kier molecular flexibility index (Phi) is 4.31. The Morgan fingerprint density at radius 1 is 1.27 bits per heavy atom. The summed E-state index contributed by atoms with van der Waals surface area (Å²) in [5.41, 5.74) is 7.42. The first-order valence-corrected chi connectivity index (χ1v) is 8.32. The summed E-state index contributed by atoms with van der Waals surface area (Å²) in [6.07, 6.45) is 0. The first kappa shape index (κ1) is 17.7. The lowest BCUT2D eigenvalue weighted by Gasteiger charge is -2.37. The third-order valence-corrected chi connectivity index (χ3v) is 4.20. The minimum Gasteiger partial charge on any atom is -0.474 e. The summed E-state index contributed by atoms with van der Waals surface area (Å²) in [6.45, 7) is 7.04. The number of amides is 2. The summed E-state index contributed by atoms with van der Waals surface area (Å²) < 4.78 is 5.71. The highest BCUT2D eigenvalue weighted by molar-refractivity contribution is 6.07. The number of aromatic nitrogens is 1. The van der Waals surface area contributed by atoms with E-state index < -0.39 is 5.60 Å². The molecule has 2 amide bonds. The maximum Gasteiger partial charge on any atom is 0.272 e. The van der Waals surface area contributed by atoms with Crippen LogP contribution in [0.4, 0.5) is 17.3 Å². The quantitative estimate of drug-likeness (QED) is 0.882. The van der Waals surface area contributed by atoms with Crippen molar-refractivity contribution in [3.63, 3.8) is 0 Å². The van der Waals surface area contributed by atoms with Crippen molar-refractivity contribution in [2.24, 2.45) is 0 Å². The van der Waals surface area contributed by atoms with Crippen molar-refractivity contribution in [1.29, 1.82) is 0 Å². The van der Waals surface area contributed by atoms with Gasteiger partial charge in [0.05, 0.1) is 0 Å². The van der Waals surface area contributed by atoms with Gasteiger partial charge in [-0.25, -0.2) is 4.98 Å². The number of benzene rings is 1. The number of ether oxygens (including phenoxy) is 1. The third-order valence-electron chi connectivity index (χ3n) is 4.20. The number of rotatable bonds is 3. The van der Waals surface area contributed by atoms with Crippen LogP contribution in [0.2, 0.25) is 0 Å². The molecule has 0 fully saturated rings. The van der Waals surface area contributed by atoms with Crippen molar-refractivity contribution in [3.05, 3.63) is 41.5 Å². The van der Waals surface area contributed by atoms with Crippen LogP contribution in [0.5, 0.6) is 5.75 Å². The second-order valence-electron chi connectivity index (χ2n) is 6.93. The van der Waals surface area contributed by atoms with Crippen LogP contribution in [0.15, 0.2) is 30.3 Å². The van der Waals surface area contributed by atoms with Gasteiger partial charge in [-0.05, 0) is 51.5 Å². The van der Waals surface area contributed by atoms with Crippen molar-refractivity contribution in [1.82, 2.24) is 4.98 Å². The topological polar surface area (TPSA) is 97.5 Å². The van der Waals surface area contributed by atoms with Crippen LogP contribution >= 0.6 is 0 Å². The smallest absolute Gasteiger partial charge is 0.272 e.